The molecule has 4 rings (SSSR count). The smallest absolute Gasteiger partial charge is 0.410 e. The molecule has 9 heteroatoms. The van der Waals surface area contributed by atoms with E-state index in [0.29, 0.717) is 5.75 Å². The van der Waals surface area contributed by atoms with Gasteiger partial charge in [-0.3, -0.25) is 0 Å². The maximum absolute atomic E-state index is 12.6. The third kappa shape index (κ3) is 5.00. The minimum atomic E-state index is -0.551. The molecular formula is C23H24N6O2S. The van der Waals surface area contributed by atoms with Gasteiger partial charge >= 0.3 is 6.09 Å². The van der Waals surface area contributed by atoms with Crippen LogP contribution < -0.4 is 10.1 Å². The van der Waals surface area contributed by atoms with Crippen molar-refractivity contribution < 1.29 is 9.53 Å². The molecule has 0 radical (unpaired) electrons. The van der Waals surface area contributed by atoms with E-state index in [0.717, 1.165) is 40.5 Å². The fourth-order valence-corrected chi connectivity index (χ4v) is 3.93. The minimum Gasteiger partial charge on any atom is -0.410 e. The van der Waals surface area contributed by atoms with E-state index in [-0.39, 0.29) is 6.04 Å². The van der Waals surface area contributed by atoms with Gasteiger partial charge in [-0.15, -0.1) is 16.4 Å². The van der Waals surface area contributed by atoms with Crippen LogP contribution in [0.1, 0.15) is 42.7 Å². The number of aryl methyl sites for hydroxylation is 2. The molecule has 0 spiro atoms. The van der Waals surface area contributed by atoms with Crippen LogP contribution in [0.5, 0.6) is 5.75 Å². The molecule has 1 N–H and O–H groups in total. The summed E-state index contributed by atoms with van der Waals surface area (Å²) < 4.78 is 7.34. The van der Waals surface area contributed by atoms with Crippen LogP contribution in [0.3, 0.4) is 0 Å². The highest BCUT2D eigenvalue weighted by molar-refractivity contribution is 7.09. The first kappa shape index (κ1) is 21.6. The largest absolute Gasteiger partial charge is 0.413 e. The van der Waals surface area contributed by atoms with Crippen LogP contribution in [0.4, 0.5) is 4.79 Å². The zero-order valence-corrected chi connectivity index (χ0v) is 19.0. The van der Waals surface area contributed by atoms with E-state index in [4.69, 9.17) is 4.74 Å². The van der Waals surface area contributed by atoms with E-state index in [1.54, 1.807) is 16.9 Å². The monoisotopic (exact) mass is 448 g/mol. The van der Waals surface area contributed by atoms with Crippen molar-refractivity contribution >= 4 is 17.4 Å². The lowest BCUT2D eigenvalue weighted by molar-refractivity contribution is 0.197. The second-order valence-corrected chi connectivity index (χ2v) is 8.39. The number of carbonyl (C=O) groups is 1. The van der Waals surface area contributed by atoms with Crippen molar-refractivity contribution in [2.24, 2.45) is 0 Å². The Balaban J connectivity index is 1.66. The Bertz CT molecular complexity index is 1190. The number of aromatic nitrogens is 5. The van der Waals surface area contributed by atoms with E-state index in [2.05, 4.69) is 32.7 Å². The third-order valence-electron chi connectivity index (χ3n) is 4.90. The maximum atomic E-state index is 12.6. The van der Waals surface area contributed by atoms with Gasteiger partial charge in [-0.25, -0.2) is 9.78 Å². The normalized spacial score (nSPS) is 11.8. The highest BCUT2D eigenvalue weighted by Gasteiger charge is 2.16. The van der Waals surface area contributed by atoms with Crippen molar-refractivity contribution in [1.29, 1.82) is 0 Å². The van der Waals surface area contributed by atoms with Crippen molar-refractivity contribution in [3.05, 3.63) is 70.4 Å². The second kappa shape index (κ2) is 9.69. The number of tetrazole rings is 1. The Hall–Kier alpha value is -3.59. The first-order valence-electron chi connectivity index (χ1n) is 10.4. The highest BCUT2D eigenvalue weighted by Crippen LogP contribution is 2.29. The predicted molar refractivity (Wildman–Crippen MR) is 123 cm³/mol. The van der Waals surface area contributed by atoms with E-state index in [9.17, 15) is 4.79 Å². The first-order chi connectivity index (χ1) is 15.5. The third-order valence-corrected chi connectivity index (χ3v) is 5.85. The van der Waals surface area contributed by atoms with Crippen molar-refractivity contribution in [3.63, 3.8) is 0 Å². The van der Waals surface area contributed by atoms with Gasteiger partial charge in [-0.2, -0.15) is 4.68 Å². The van der Waals surface area contributed by atoms with E-state index in [1.807, 2.05) is 55.6 Å². The van der Waals surface area contributed by atoms with E-state index < -0.39 is 6.09 Å². The second-order valence-electron chi connectivity index (χ2n) is 7.46. The number of hydrogen-bond donors (Lipinski definition) is 1. The number of nitrogens with one attached hydrogen (secondary N) is 1. The molecule has 4 aromatic rings. The molecule has 1 unspecified atom stereocenters. The van der Waals surface area contributed by atoms with Crippen LogP contribution in [0, 0.1) is 6.92 Å². The van der Waals surface area contributed by atoms with Crippen molar-refractivity contribution in [2.75, 3.05) is 0 Å². The van der Waals surface area contributed by atoms with Gasteiger partial charge < -0.3 is 10.1 Å². The molecule has 0 aliphatic rings. The number of carbonyl (C=O) groups excluding carboxylic acids is 1. The Kier molecular flexibility index (Phi) is 6.55. The van der Waals surface area contributed by atoms with Crippen LogP contribution in [0.2, 0.25) is 0 Å². The average molecular weight is 449 g/mol. The molecule has 0 saturated heterocycles. The fraction of sp³-hybridized carbons (Fsp3) is 0.261. The topological polar surface area (TPSA) is 94.8 Å². The molecule has 0 fully saturated rings. The van der Waals surface area contributed by atoms with Crippen LogP contribution in [0.15, 0.2) is 54.0 Å². The summed E-state index contributed by atoms with van der Waals surface area (Å²) in [6.45, 7) is 5.98. The van der Waals surface area contributed by atoms with E-state index in [1.165, 1.54) is 16.9 Å². The van der Waals surface area contributed by atoms with Gasteiger partial charge in [0.1, 0.15) is 10.8 Å². The van der Waals surface area contributed by atoms with Gasteiger partial charge in [-0.05, 0) is 54.0 Å². The number of rotatable bonds is 7. The summed E-state index contributed by atoms with van der Waals surface area (Å²) in [5.41, 5.74) is 3.80. The quantitative estimate of drug-likeness (QED) is 0.432. The Morgan fingerprint density at radius 1 is 1.19 bits per heavy atom. The SMILES string of the molecule is CCCc1nnnn1-c1cc(OC(=O)NC(C)c2nccs2)cc(-c2ccc(C)cc2)c1. The molecule has 2 aromatic heterocycles. The number of hydrogen-bond acceptors (Lipinski definition) is 7. The Labute approximate surface area is 190 Å². The van der Waals surface area contributed by atoms with Gasteiger partial charge in [0.15, 0.2) is 5.82 Å². The summed E-state index contributed by atoms with van der Waals surface area (Å²) in [7, 11) is 0. The number of thiazole rings is 1. The molecule has 8 nitrogen and oxygen atoms in total. The van der Waals surface area contributed by atoms with Gasteiger partial charge in [0, 0.05) is 24.1 Å². The first-order valence-corrected chi connectivity index (χ1v) is 11.3. The number of benzene rings is 2. The van der Waals surface area contributed by atoms with Gasteiger partial charge in [0.05, 0.1) is 11.7 Å². The van der Waals surface area contributed by atoms with Crippen molar-refractivity contribution in [1.82, 2.24) is 30.5 Å². The lowest BCUT2D eigenvalue weighted by atomic mass is 10.0. The van der Waals surface area contributed by atoms with Gasteiger partial charge in [0.25, 0.3) is 0 Å². The predicted octanol–water partition coefficient (Wildman–Crippen LogP) is 4.90. The zero-order valence-electron chi connectivity index (χ0n) is 18.1. The molecule has 0 aliphatic carbocycles. The van der Waals surface area contributed by atoms with Crippen LogP contribution in [-0.4, -0.2) is 31.3 Å². The molecule has 0 bridgehead atoms. The molecule has 2 heterocycles. The molecule has 0 aliphatic heterocycles. The van der Waals surface area contributed by atoms with Crippen LogP contribution in [-0.2, 0) is 6.42 Å². The van der Waals surface area contributed by atoms with Gasteiger partial charge in [-0.1, -0.05) is 36.8 Å². The average Bonchev–Trinajstić information content (AvgIpc) is 3.47. The highest BCUT2D eigenvalue weighted by atomic mass is 32.1. The summed E-state index contributed by atoms with van der Waals surface area (Å²) in [6, 6.07) is 13.5. The number of nitrogens with zero attached hydrogens (tertiary/aromatic N) is 5. The lowest BCUT2D eigenvalue weighted by Gasteiger charge is -2.14. The number of amides is 1. The lowest BCUT2D eigenvalue weighted by Crippen LogP contribution is -2.29. The number of ether oxygens (including phenoxy) is 1. The van der Waals surface area contributed by atoms with E-state index >= 15 is 0 Å². The molecule has 1 atom stereocenters. The van der Waals surface area contributed by atoms with Crippen LogP contribution >= 0.6 is 11.3 Å². The molecule has 1 amide bonds. The Morgan fingerprint density at radius 2 is 2.00 bits per heavy atom. The Morgan fingerprint density at radius 3 is 2.72 bits per heavy atom. The summed E-state index contributed by atoms with van der Waals surface area (Å²) in [5, 5.41) is 17.6. The standard InChI is InChI=1S/C23H24N6O2S/c1-4-5-21-26-27-28-29(21)19-12-18(17-8-6-15(2)7-9-17)13-20(14-19)31-23(30)25-16(3)22-24-10-11-32-22/h6-14,16H,4-5H2,1-3H3,(H,25,30). The summed E-state index contributed by atoms with van der Waals surface area (Å²) >= 11 is 1.48. The molecule has 2 aromatic carbocycles. The van der Waals surface area contributed by atoms with Crippen molar-refractivity contribution in [2.45, 2.75) is 39.7 Å². The molecule has 0 saturated carbocycles. The fourth-order valence-electron chi connectivity index (χ4n) is 3.29. The molecule has 164 valence electrons. The molecular weight excluding hydrogens is 424 g/mol. The summed E-state index contributed by atoms with van der Waals surface area (Å²) in [6.07, 6.45) is 2.81. The zero-order chi connectivity index (χ0) is 22.5. The van der Waals surface area contributed by atoms with Crippen LogP contribution in [0.25, 0.3) is 16.8 Å². The molecule has 32 heavy (non-hydrogen) atoms. The summed E-state index contributed by atoms with van der Waals surface area (Å²) in [5.74, 6) is 1.15. The maximum Gasteiger partial charge on any atom is 0.413 e. The van der Waals surface area contributed by atoms with Crippen molar-refractivity contribution in [3.8, 4) is 22.6 Å². The van der Waals surface area contributed by atoms with Gasteiger partial charge in [0.2, 0.25) is 0 Å². The minimum absolute atomic E-state index is 0.252. The summed E-state index contributed by atoms with van der Waals surface area (Å²) in [4.78, 5) is 16.8.